The van der Waals surface area contributed by atoms with E-state index in [9.17, 15) is 4.79 Å². The van der Waals surface area contributed by atoms with Gasteiger partial charge in [-0.05, 0) is 26.3 Å². The minimum Gasteiger partial charge on any atom is -0.352 e. The Kier molecular flexibility index (Phi) is 4.14. The molecule has 1 saturated heterocycles. The molecule has 1 aromatic heterocycles. The van der Waals surface area contributed by atoms with Gasteiger partial charge in [0, 0.05) is 37.4 Å². The summed E-state index contributed by atoms with van der Waals surface area (Å²) in [7, 11) is 0. The van der Waals surface area contributed by atoms with E-state index < -0.39 is 0 Å². The fourth-order valence-electron chi connectivity index (χ4n) is 2.25. The number of rotatable bonds is 5. The summed E-state index contributed by atoms with van der Waals surface area (Å²) >= 11 is 0. The number of carbonyl (C=O) groups is 1. The summed E-state index contributed by atoms with van der Waals surface area (Å²) in [6, 6.07) is 0.508. The van der Waals surface area contributed by atoms with Gasteiger partial charge in [0.15, 0.2) is 0 Å². The highest BCUT2D eigenvalue weighted by Gasteiger charge is 2.18. The Morgan fingerprint density at radius 2 is 2.59 bits per heavy atom. The Bertz CT molecular complexity index is 343. The van der Waals surface area contributed by atoms with Gasteiger partial charge in [0.2, 0.25) is 5.91 Å². The average molecular weight is 236 g/mol. The van der Waals surface area contributed by atoms with Crippen LogP contribution in [0.5, 0.6) is 0 Å². The van der Waals surface area contributed by atoms with E-state index in [0.29, 0.717) is 12.5 Å². The molecular formula is C12H20N4O. The summed E-state index contributed by atoms with van der Waals surface area (Å²) in [6.45, 7) is 3.83. The number of nitrogens with zero attached hydrogens (tertiary/aromatic N) is 2. The molecule has 0 aromatic carbocycles. The number of amides is 1. The van der Waals surface area contributed by atoms with Gasteiger partial charge < -0.3 is 15.2 Å². The summed E-state index contributed by atoms with van der Waals surface area (Å²) in [5.74, 6) is 0.136. The third-order valence-electron chi connectivity index (χ3n) is 3.05. The Morgan fingerprint density at radius 1 is 1.71 bits per heavy atom. The van der Waals surface area contributed by atoms with Gasteiger partial charge in [-0.1, -0.05) is 0 Å². The maximum absolute atomic E-state index is 11.8. The first-order chi connectivity index (χ1) is 8.24. The van der Waals surface area contributed by atoms with Crippen molar-refractivity contribution in [2.45, 2.75) is 44.8 Å². The topological polar surface area (TPSA) is 59.0 Å². The fraction of sp³-hybridized carbons (Fsp3) is 0.667. The molecule has 94 valence electrons. The molecule has 1 aliphatic rings. The number of imidazole rings is 1. The lowest BCUT2D eigenvalue weighted by Gasteiger charge is -2.16. The van der Waals surface area contributed by atoms with Crippen molar-refractivity contribution in [3.05, 3.63) is 18.7 Å². The van der Waals surface area contributed by atoms with E-state index in [-0.39, 0.29) is 11.9 Å². The number of aromatic nitrogens is 2. The summed E-state index contributed by atoms with van der Waals surface area (Å²) in [5.41, 5.74) is 0. The summed E-state index contributed by atoms with van der Waals surface area (Å²) < 4.78 is 1.97. The molecule has 1 fully saturated rings. The molecule has 0 saturated carbocycles. The van der Waals surface area contributed by atoms with Crippen molar-refractivity contribution in [3.63, 3.8) is 0 Å². The van der Waals surface area contributed by atoms with Crippen LogP contribution in [-0.4, -0.2) is 34.1 Å². The van der Waals surface area contributed by atoms with Crippen LogP contribution in [0.3, 0.4) is 0 Å². The number of hydrogen-bond acceptors (Lipinski definition) is 3. The Morgan fingerprint density at radius 3 is 3.24 bits per heavy atom. The molecule has 1 aromatic rings. The van der Waals surface area contributed by atoms with Crippen LogP contribution in [0, 0.1) is 0 Å². The molecule has 2 rings (SSSR count). The molecule has 0 aliphatic carbocycles. The monoisotopic (exact) mass is 236 g/mol. The molecule has 0 bridgehead atoms. The third-order valence-corrected chi connectivity index (χ3v) is 3.05. The molecule has 1 amide bonds. The van der Waals surface area contributed by atoms with E-state index in [1.165, 1.54) is 6.42 Å². The second-order valence-electron chi connectivity index (χ2n) is 4.73. The quantitative estimate of drug-likeness (QED) is 0.784. The van der Waals surface area contributed by atoms with E-state index >= 15 is 0 Å². The van der Waals surface area contributed by atoms with Gasteiger partial charge in [-0.2, -0.15) is 0 Å². The fourth-order valence-corrected chi connectivity index (χ4v) is 2.25. The Labute approximate surface area is 102 Å². The Hall–Kier alpha value is -1.36. The van der Waals surface area contributed by atoms with Gasteiger partial charge in [-0.25, -0.2) is 4.98 Å². The number of nitrogens with one attached hydrogen (secondary N) is 2. The van der Waals surface area contributed by atoms with Crippen LogP contribution in [0.2, 0.25) is 0 Å². The minimum absolute atomic E-state index is 0.136. The van der Waals surface area contributed by atoms with Crippen molar-refractivity contribution in [3.8, 4) is 0 Å². The molecular weight excluding hydrogens is 216 g/mol. The van der Waals surface area contributed by atoms with Crippen LogP contribution < -0.4 is 10.6 Å². The second kappa shape index (κ2) is 5.82. The minimum atomic E-state index is 0.136. The van der Waals surface area contributed by atoms with Crippen molar-refractivity contribution in [1.82, 2.24) is 20.2 Å². The van der Waals surface area contributed by atoms with Crippen LogP contribution in [0.15, 0.2) is 18.7 Å². The lowest BCUT2D eigenvalue weighted by Crippen LogP contribution is -2.38. The lowest BCUT2D eigenvalue weighted by molar-refractivity contribution is -0.122. The first-order valence-corrected chi connectivity index (χ1v) is 6.22. The van der Waals surface area contributed by atoms with Gasteiger partial charge in [0.1, 0.15) is 0 Å². The molecule has 2 N–H and O–H groups in total. The van der Waals surface area contributed by atoms with Crippen molar-refractivity contribution >= 4 is 5.91 Å². The van der Waals surface area contributed by atoms with E-state index in [1.807, 2.05) is 17.7 Å². The SMILES string of the molecule is CC(Cn1ccnc1)NC(=O)CC1CCCN1. The lowest BCUT2D eigenvalue weighted by atomic mass is 10.1. The third kappa shape index (κ3) is 3.85. The van der Waals surface area contributed by atoms with E-state index in [0.717, 1.165) is 19.5 Å². The van der Waals surface area contributed by atoms with Crippen LogP contribution in [0.4, 0.5) is 0 Å². The van der Waals surface area contributed by atoms with Gasteiger partial charge in [0.25, 0.3) is 0 Å². The normalized spacial score (nSPS) is 21.4. The molecule has 0 radical (unpaired) electrons. The molecule has 17 heavy (non-hydrogen) atoms. The van der Waals surface area contributed by atoms with Crippen LogP contribution in [-0.2, 0) is 11.3 Å². The summed E-state index contributed by atoms with van der Waals surface area (Å²) in [4.78, 5) is 15.7. The van der Waals surface area contributed by atoms with E-state index in [1.54, 1.807) is 12.5 Å². The van der Waals surface area contributed by atoms with Crippen molar-refractivity contribution in [2.75, 3.05) is 6.54 Å². The highest BCUT2D eigenvalue weighted by molar-refractivity contribution is 5.76. The van der Waals surface area contributed by atoms with Gasteiger partial charge in [0.05, 0.1) is 6.33 Å². The summed E-state index contributed by atoms with van der Waals surface area (Å²) in [6.07, 6.45) is 8.31. The van der Waals surface area contributed by atoms with Crippen LogP contribution >= 0.6 is 0 Å². The highest BCUT2D eigenvalue weighted by atomic mass is 16.1. The van der Waals surface area contributed by atoms with Crippen molar-refractivity contribution < 1.29 is 4.79 Å². The van der Waals surface area contributed by atoms with E-state index in [4.69, 9.17) is 0 Å². The van der Waals surface area contributed by atoms with Crippen LogP contribution in [0.25, 0.3) is 0 Å². The van der Waals surface area contributed by atoms with E-state index in [2.05, 4.69) is 15.6 Å². The van der Waals surface area contributed by atoms with Gasteiger partial charge >= 0.3 is 0 Å². The summed E-state index contributed by atoms with van der Waals surface area (Å²) in [5, 5.41) is 6.35. The number of carbonyl (C=O) groups excluding carboxylic acids is 1. The largest absolute Gasteiger partial charge is 0.352 e. The van der Waals surface area contributed by atoms with Gasteiger partial charge in [-0.3, -0.25) is 4.79 Å². The predicted molar refractivity (Wildman–Crippen MR) is 65.5 cm³/mol. The molecule has 2 unspecified atom stereocenters. The zero-order valence-corrected chi connectivity index (χ0v) is 10.2. The number of hydrogen-bond donors (Lipinski definition) is 2. The van der Waals surface area contributed by atoms with Gasteiger partial charge in [-0.15, -0.1) is 0 Å². The van der Waals surface area contributed by atoms with Crippen molar-refractivity contribution in [2.24, 2.45) is 0 Å². The Balaban J connectivity index is 1.70. The zero-order chi connectivity index (χ0) is 12.1. The molecule has 2 atom stereocenters. The second-order valence-corrected chi connectivity index (χ2v) is 4.73. The molecule has 1 aliphatic heterocycles. The van der Waals surface area contributed by atoms with Crippen molar-refractivity contribution in [1.29, 1.82) is 0 Å². The molecule has 0 spiro atoms. The molecule has 5 heteroatoms. The standard InChI is InChI=1S/C12H20N4O/c1-10(8-16-6-5-13-9-16)15-12(17)7-11-3-2-4-14-11/h5-6,9-11,14H,2-4,7-8H2,1H3,(H,15,17). The first-order valence-electron chi connectivity index (χ1n) is 6.22. The molecule has 2 heterocycles. The predicted octanol–water partition coefficient (Wildman–Crippen LogP) is 0.530. The maximum atomic E-state index is 11.8. The van der Waals surface area contributed by atoms with Crippen LogP contribution in [0.1, 0.15) is 26.2 Å². The highest BCUT2D eigenvalue weighted by Crippen LogP contribution is 2.08. The molecule has 5 nitrogen and oxygen atoms in total. The first kappa shape index (κ1) is 12.1. The zero-order valence-electron chi connectivity index (χ0n) is 10.2. The smallest absolute Gasteiger partial charge is 0.221 e. The maximum Gasteiger partial charge on any atom is 0.221 e. The average Bonchev–Trinajstić information content (AvgIpc) is 2.90.